The zero-order valence-corrected chi connectivity index (χ0v) is 11.3. The van der Waals surface area contributed by atoms with Crippen molar-refractivity contribution in [2.24, 2.45) is 0 Å². The highest BCUT2D eigenvalue weighted by Gasteiger charge is 2.00. The molecule has 1 N–H and O–H groups in total. The Hall–Kier alpha value is -1.61. The molecule has 0 unspecified atom stereocenters. The molecule has 4 heteroatoms. The zero-order chi connectivity index (χ0) is 13.0. The summed E-state index contributed by atoms with van der Waals surface area (Å²) in [6, 6.07) is 10.4. The van der Waals surface area contributed by atoms with Crippen LogP contribution in [0.1, 0.15) is 23.7 Å². The van der Waals surface area contributed by atoms with Crippen LogP contribution in [0, 0.1) is 6.92 Å². The van der Waals surface area contributed by atoms with Crippen molar-refractivity contribution < 1.29 is 0 Å². The van der Waals surface area contributed by atoms with Crippen molar-refractivity contribution in [2.45, 2.75) is 26.8 Å². The molecule has 0 saturated heterocycles. The normalized spacial score (nSPS) is 10.4. The molecule has 94 valence electrons. The summed E-state index contributed by atoms with van der Waals surface area (Å²) in [4.78, 5) is 8.15. The fourth-order valence-electron chi connectivity index (χ4n) is 1.71. The van der Waals surface area contributed by atoms with Crippen LogP contribution in [-0.4, -0.2) is 9.97 Å². The highest BCUT2D eigenvalue weighted by molar-refractivity contribution is 6.28. The van der Waals surface area contributed by atoms with Gasteiger partial charge in [0, 0.05) is 18.3 Å². The van der Waals surface area contributed by atoms with Gasteiger partial charge in [0.25, 0.3) is 0 Å². The quantitative estimate of drug-likeness (QED) is 0.855. The third-order valence-corrected chi connectivity index (χ3v) is 2.90. The molecule has 0 radical (unpaired) electrons. The first-order chi connectivity index (χ1) is 8.67. The average molecular weight is 262 g/mol. The van der Waals surface area contributed by atoms with Crippen LogP contribution < -0.4 is 5.32 Å². The van der Waals surface area contributed by atoms with Gasteiger partial charge in [-0.05, 0) is 36.1 Å². The third-order valence-electron chi connectivity index (χ3n) is 2.73. The molecule has 1 heterocycles. The smallest absolute Gasteiger partial charge is 0.224 e. The molecular weight excluding hydrogens is 246 g/mol. The molecule has 0 amide bonds. The van der Waals surface area contributed by atoms with Crippen molar-refractivity contribution in [1.29, 1.82) is 0 Å². The maximum atomic E-state index is 5.81. The van der Waals surface area contributed by atoms with Crippen LogP contribution >= 0.6 is 11.6 Å². The second kappa shape index (κ2) is 5.83. The van der Waals surface area contributed by atoms with E-state index in [0.29, 0.717) is 0 Å². The highest BCUT2D eigenvalue weighted by Crippen LogP contribution is 2.12. The van der Waals surface area contributed by atoms with Gasteiger partial charge in [-0.3, -0.25) is 0 Å². The lowest BCUT2D eigenvalue weighted by atomic mass is 10.1. The van der Waals surface area contributed by atoms with E-state index in [9.17, 15) is 0 Å². The van der Waals surface area contributed by atoms with Crippen LogP contribution in [0.4, 0.5) is 5.82 Å². The molecule has 0 aliphatic rings. The Morgan fingerprint density at radius 3 is 2.39 bits per heavy atom. The van der Waals surface area contributed by atoms with Crippen LogP contribution in [0.2, 0.25) is 5.28 Å². The Labute approximate surface area is 112 Å². The van der Waals surface area contributed by atoms with E-state index in [1.165, 1.54) is 11.1 Å². The highest BCUT2D eigenvalue weighted by atomic mass is 35.5. The number of hydrogen-bond donors (Lipinski definition) is 1. The number of benzene rings is 1. The summed E-state index contributed by atoms with van der Waals surface area (Å²) in [5.41, 5.74) is 3.43. The molecule has 1 aromatic carbocycles. The van der Waals surface area contributed by atoms with E-state index in [-0.39, 0.29) is 5.28 Å². The lowest BCUT2D eigenvalue weighted by Gasteiger charge is -2.07. The van der Waals surface area contributed by atoms with E-state index in [1.807, 2.05) is 13.0 Å². The molecule has 0 spiro atoms. The van der Waals surface area contributed by atoms with E-state index >= 15 is 0 Å². The van der Waals surface area contributed by atoms with Crippen LogP contribution in [0.5, 0.6) is 0 Å². The summed E-state index contributed by atoms with van der Waals surface area (Å²) < 4.78 is 0. The molecule has 3 nitrogen and oxygen atoms in total. The summed E-state index contributed by atoms with van der Waals surface area (Å²) in [6.07, 6.45) is 1.06. The second-order valence-corrected chi connectivity index (χ2v) is 4.53. The van der Waals surface area contributed by atoms with Crippen molar-refractivity contribution in [2.75, 3.05) is 5.32 Å². The number of aryl methyl sites for hydroxylation is 2. The van der Waals surface area contributed by atoms with Crippen molar-refractivity contribution in [3.05, 3.63) is 52.4 Å². The fourth-order valence-corrected chi connectivity index (χ4v) is 1.93. The topological polar surface area (TPSA) is 37.8 Å². The molecule has 0 atom stereocenters. The minimum Gasteiger partial charge on any atom is -0.366 e. The zero-order valence-electron chi connectivity index (χ0n) is 10.6. The number of rotatable bonds is 4. The van der Waals surface area contributed by atoms with Crippen LogP contribution in [0.25, 0.3) is 0 Å². The first-order valence-electron chi connectivity index (χ1n) is 6.00. The molecular formula is C14H16ClN3. The predicted octanol–water partition coefficient (Wildman–Crippen LogP) is 3.61. The maximum absolute atomic E-state index is 5.81. The van der Waals surface area contributed by atoms with Crippen LogP contribution in [0.15, 0.2) is 30.3 Å². The molecule has 18 heavy (non-hydrogen) atoms. The van der Waals surface area contributed by atoms with Crippen molar-refractivity contribution in [3.63, 3.8) is 0 Å². The number of halogens is 1. The Balaban J connectivity index is 2.01. The standard InChI is InChI=1S/C14H16ClN3/c1-3-11-4-6-12(7-5-11)9-16-13-8-10(2)17-14(15)18-13/h4-8H,3,9H2,1-2H3,(H,16,17,18). The van der Waals surface area contributed by atoms with E-state index < -0.39 is 0 Å². The van der Waals surface area contributed by atoms with Gasteiger partial charge in [-0.25, -0.2) is 9.97 Å². The number of anilines is 1. The first-order valence-corrected chi connectivity index (χ1v) is 6.38. The molecule has 0 bridgehead atoms. The van der Waals surface area contributed by atoms with Gasteiger partial charge in [-0.1, -0.05) is 31.2 Å². The van der Waals surface area contributed by atoms with Gasteiger partial charge in [0.05, 0.1) is 0 Å². The SMILES string of the molecule is CCc1ccc(CNc2cc(C)nc(Cl)n2)cc1. The van der Waals surface area contributed by atoms with Gasteiger partial charge in [0.1, 0.15) is 5.82 Å². The van der Waals surface area contributed by atoms with Gasteiger partial charge in [-0.2, -0.15) is 0 Å². The van der Waals surface area contributed by atoms with E-state index in [4.69, 9.17) is 11.6 Å². The van der Waals surface area contributed by atoms with E-state index in [0.717, 1.165) is 24.5 Å². The molecule has 0 fully saturated rings. The molecule has 0 saturated carbocycles. The summed E-state index contributed by atoms with van der Waals surface area (Å²) in [7, 11) is 0. The number of nitrogens with one attached hydrogen (secondary N) is 1. The molecule has 0 aliphatic carbocycles. The summed E-state index contributed by atoms with van der Waals surface area (Å²) >= 11 is 5.81. The van der Waals surface area contributed by atoms with Crippen molar-refractivity contribution in [1.82, 2.24) is 9.97 Å². The van der Waals surface area contributed by atoms with E-state index in [1.54, 1.807) is 0 Å². The first kappa shape index (κ1) is 12.8. The molecule has 1 aromatic heterocycles. The largest absolute Gasteiger partial charge is 0.366 e. The number of hydrogen-bond acceptors (Lipinski definition) is 3. The Morgan fingerprint density at radius 1 is 1.11 bits per heavy atom. The summed E-state index contributed by atoms with van der Waals surface area (Å²) in [5.74, 6) is 0.757. The van der Waals surface area contributed by atoms with Crippen LogP contribution in [0.3, 0.4) is 0 Å². The van der Waals surface area contributed by atoms with E-state index in [2.05, 4.69) is 46.5 Å². The number of nitrogens with zero attached hydrogens (tertiary/aromatic N) is 2. The summed E-state index contributed by atoms with van der Waals surface area (Å²) in [5, 5.41) is 3.52. The Kier molecular flexibility index (Phi) is 4.15. The fraction of sp³-hybridized carbons (Fsp3) is 0.286. The number of aromatic nitrogens is 2. The van der Waals surface area contributed by atoms with Crippen LogP contribution in [-0.2, 0) is 13.0 Å². The summed E-state index contributed by atoms with van der Waals surface area (Å²) in [6.45, 7) is 4.78. The van der Waals surface area contributed by atoms with Gasteiger partial charge in [0.2, 0.25) is 5.28 Å². The Bertz CT molecular complexity index is 503. The van der Waals surface area contributed by atoms with Gasteiger partial charge in [0.15, 0.2) is 0 Å². The minimum atomic E-state index is 0.277. The molecule has 0 aliphatic heterocycles. The maximum Gasteiger partial charge on any atom is 0.224 e. The monoisotopic (exact) mass is 261 g/mol. The lowest BCUT2D eigenvalue weighted by molar-refractivity contribution is 1.05. The second-order valence-electron chi connectivity index (χ2n) is 4.19. The predicted molar refractivity (Wildman–Crippen MR) is 74.9 cm³/mol. The van der Waals surface area contributed by atoms with Gasteiger partial charge < -0.3 is 5.32 Å². The van der Waals surface area contributed by atoms with Crippen molar-refractivity contribution in [3.8, 4) is 0 Å². The minimum absolute atomic E-state index is 0.277. The Morgan fingerprint density at radius 2 is 1.78 bits per heavy atom. The van der Waals surface area contributed by atoms with Gasteiger partial charge in [-0.15, -0.1) is 0 Å². The third kappa shape index (κ3) is 3.44. The van der Waals surface area contributed by atoms with Crippen molar-refractivity contribution >= 4 is 17.4 Å². The average Bonchev–Trinajstić information content (AvgIpc) is 2.36. The molecule has 2 aromatic rings. The van der Waals surface area contributed by atoms with Gasteiger partial charge >= 0.3 is 0 Å². The lowest BCUT2D eigenvalue weighted by Crippen LogP contribution is -2.02. The molecule has 2 rings (SSSR count).